The highest BCUT2D eigenvalue weighted by Crippen LogP contribution is 2.44. The van der Waals surface area contributed by atoms with E-state index in [1.807, 2.05) is 22.7 Å². The van der Waals surface area contributed by atoms with Crippen molar-refractivity contribution in [3.63, 3.8) is 0 Å². The molecule has 0 N–H and O–H groups in total. The first-order chi connectivity index (χ1) is 23.8. The van der Waals surface area contributed by atoms with Crippen molar-refractivity contribution < 1.29 is 0 Å². The van der Waals surface area contributed by atoms with Crippen molar-refractivity contribution in [1.29, 1.82) is 0 Å². The molecule has 0 unspecified atom stereocenters. The van der Waals surface area contributed by atoms with Crippen molar-refractivity contribution >= 4 is 83.0 Å². The molecule has 0 spiro atoms. The van der Waals surface area contributed by atoms with E-state index in [1.165, 1.54) is 80.1 Å². The highest BCUT2D eigenvalue weighted by Gasteiger charge is 2.20. The fourth-order valence-corrected chi connectivity index (χ4v) is 9.91. The Morgan fingerprint density at radius 2 is 1.27 bits per heavy atom. The Labute approximate surface area is 288 Å². The van der Waals surface area contributed by atoms with Gasteiger partial charge in [-0.2, -0.15) is 0 Å². The third-order valence-corrected chi connectivity index (χ3v) is 12.4. The summed E-state index contributed by atoms with van der Waals surface area (Å²) in [7, 11) is 0. The van der Waals surface area contributed by atoms with Crippen LogP contribution in [0.2, 0.25) is 0 Å². The summed E-state index contributed by atoms with van der Waals surface area (Å²) in [6.07, 6.45) is 16.0. The minimum Gasteiger partial charge on any atom is -0.317 e. The molecule has 0 aliphatic heterocycles. The van der Waals surface area contributed by atoms with Gasteiger partial charge >= 0.3 is 0 Å². The Kier molecular flexibility index (Phi) is 6.53. The zero-order valence-electron chi connectivity index (χ0n) is 26.4. The molecule has 8 aromatic rings. The minimum absolute atomic E-state index is 1.11. The Bertz CT molecular complexity index is 2560. The van der Waals surface area contributed by atoms with Crippen molar-refractivity contribution in [1.82, 2.24) is 4.57 Å². The molecule has 4 heteroatoms. The summed E-state index contributed by atoms with van der Waals surface area (Å²) in [5.74, 6) is 0. The van der Waals surface area contributed by atoms with Crippen molar-refractivity contribution in [2.45, 2.75) is 25.7 Å². The number of thiophene rings is 2. The first kappa shape index (κ1) is 27.9. The molecule has 5 aromatic carbocycles. The van der Waals surface area contributed by atoms with E-state index in [9.17, 15) is 0 Å². The molecule has 0 bridgehead atoms. The van der Waals surface area contributed by atoms with Crippen LogP contribution in [-0.4, -0.2) is 4.57 Å². The van der Waals surface area contributed by atoms with E-state index in [0.717, 1.165) is 31.4 Å². The molecule has 2 aliphatic carbocycles. The fraction of sp³-hybridized carbons (Fsp3) is 0.0909. The largest absolute Gasteiger partial charge is 0.317 e. The SMILES string of the molecule is C1=Cc2c(sc3ccc(N(c4ccc(-c5ccc(-n6ccc7ccccc76)cc5)cc4)c4ccc5sc6c(c5c4)CCC=C6)cc23)CC1. The van der Waals surface area contributed by atoms with Gasteiger partial charge in [0, 0.05) is 53.5 Å². The lowest BCUT2D eigenvalue weighted by atomic mass is 10.00. The number of para-hydroxylation sites is 1. The minimum atomic E-state index is 1.11. The number of rotatable bonds is 5. The summed E-state index contributed by atoms with van der Waals surface area (Å²) >= 11 is 3.87. The molecular weight excluding hydrogens is 621 g/mol. The van der Waals surface area contributed by atoms with Crippen LogP contribution in [0.25, 0.3) is 60.0 Å². The number of nitrogens with zero attached hydrogens (tertiary/aromatic N) is 2. The van der Waals surface area contributed by atoms with E-state index >= 15 is 0 Å². The van der Waals surface area contributed by atoms with Gasteiger partial charge in [-0.1, -0.05) is 60.7 Å². The third kappa shape index (κ3) is 4.59. The zero-order valence-corrected chi connectivity index (χ0v) is 28.0. The summed E-state index contributed by atoms with van der Waals surface area (Å²) in [4.78, 5) is 5.37. The molecule has 0 fully saturated rings. The van der Waals surface area contributed by atoms with Gasteiger partial charge in [0.25, 0.3) is 0 Å². The van der Waals surface area contributed by atoms with Crippen molar-refractivity contribution in [2.75, 3.05) is 4.90 Å². The van der Waals surface area contributed by atoms with Crippen LogP contribution >= 0.6 is 22.7 Å². The maximum Gasteiger partial charge on any atom is 0.0528 e. The molecule has 0 saturated carbocycles. The molecule has 0 saturated heterocycles. The number of allylic oxidation sites excluding steroid dienone is 2. The normalized spacial score (nSPS) is 13.8. The van der Waals surface area contributed by atoms with E-state index < -0.39 is 0 Å². The number of benzene rings is 5. The molecule has 230 valence electrons. The molecule has 0 radical (unpaired) electrons. The van der Waals surface area contributed by atoms with E-state index in [1.54, 1.807) is 0 Å². The summed E-state index contributed by atoms with van der Waals surface area (Å²) in [6.45, 7) is 0. The Balaban J connectivity index is 1.05. The third-order valence-electron chi connectivity index (χ3n) is 9.97. The quantitative estimate of drug-likeness (QED) is 0.180. The van der Waals surface area contributed by atoms with Crippen LogP contribution in [0.5, 0.6) is 0 Å². The van der Waals surface area contributed by atoms with Crippen molar-refractivity contribution in [2.24, 2.45) is 0 Å². The topological polar surface area (TPSA) is 8.17 Å². The second-order valence-corrected chi connectivity index (χ2v) is 15.0. The molecule has 3 heterocycles. The lowest BCUT2D eigenvalue weighted by molar-refractivity contribution is 1.01. The number of fused-ring (bicyclic) bond motifs is 7. The van der Waals surface area contributed by atoms with Crippen LogP contribution in [-0.2, 0) is 12.8 Å². The predicted octanol–water partition coefficient (Wildman–Crippen LogP) is 13.1. The van der Waals surface area contributed by atoms with Crippen LogP contribution in [0.1, 0.15) is 33.7 Å². The first-order valence-electron chi connectivity index (χ1n) is 16.8. The van der Waals surface area contributed by atoms with Gasteiger partial charge in [-0.05, 0) is 138 Å². The van der Waals surface area contributed by atoms with E-state index in [-0.39, 0.29) is 0 Å². The highest BCUT2D eigenvalue weighted by molar-refractivity contribution is 7.20. The van der Waals surface area contributed by atoms with Gasteiger partial charge in [0.2, 0.25) is 0 Å². The standard InChI is InChI=1S/C44H32N2S2/c1-4-10-40-31(7-1)25-26-45(40)32-17-13-29(14-18-32)30-15-19-33(20-16-30)46(34-21-23-43-38(27-34)36-8-2-5-11-41(36)47-43)35-22-24-44-39(28-35)37-9-3-6-12-42(37)48-44/h1-2,4,6-8,10,12-28H,3,5,9,11H2. The summed E-state index contributed by atoms with van der Waals surface area (Å²) in [6, 6.07) is 42.8. The molecule has 10 rings (SSSR count). The molecule has 2 aliphatic rings. The maximum atomic E-state index is 2.45. The van der Waals surface area contributed by atoms with Crippen molar-refractivity contribution in [3.05, 3.63) is 154 Å². The summed E-state index contributed by atoms with van der Waals surface area (Å²) in [5, 5.41) is 4.01. The van der Waals surface area contributed by atoms with Gasteiger partial charge < -0.3 is 9.47 Å². The van der Waals surface area contributed by atoms with E-state index in [4.69, 9.17) is 0 Å². The van der Waals surface area contributed by atoms with Gasteiger partial charge in [-0.15, -0.1) is 22.7 Å². The second kappa shape index (κ2) is 11.2. The van der Waals surface area contributed by atoms with Gasteiger partial charge in [-0.25, -0.2) is 0 Å². The molecular formula is C44H32N2S2. The lowest BCUT2D eigenvalue weighted by Crippen LogP contribution is -2.10. The Hall–Kier alpha value is -5.16. The first-order valence-corrected chi connectivity index (χ1v) is 18.4. The average molecular weight is 653 g/mol. The van der Waals surface area contributed by atoms with Crippen LogP contribution in [0.4, 0.5) is 17.1 Å². The van der Waals surface area contributed by atoms with Crippen LogP contribution in [0.3, 0.4) is 0 Å². The smallest absolute Gasteiger partial charge is 0.0528 e. The zero-order chi connectivity index (χ0) is 31.6. The van der Waals surface area contributed by atoms with E-state index in [0.29, 0.717) is 0 Å². The number of hydrogen-bond acceptors (Lipinski definition) is 3. The van der Waals surface area contributed by atoms with E-state index in [2.05, 4.69) is 155 Å². The van der Waals surface area contributed by atoms with Crippen LogP contribution in [0, 0.1) is 0 Å². The molecule has 48 heavy (non-hydrogen) atoms. The van der Waals surface area contributed by atoms with Crippen LogP contribution in [0.15, 0.2) is 134 Å². The van der Waals surface area contributed by atoms with Gasteiger partial charge in [0.05, 0.1) is 5.52 Å². The highest BCUT2D eigenvalue weighted by atomic mass is 32.1. The number of aromatic nitrogens is 1. The molecule has 0 atom stereocenters. The average Bonchev–Trinajstić information content (AvgIpc) is 3.85. The van der Waals surface area contributed by atoms with Gasteiger partial charge in [0.1, 0.15) is 0 Å². The fourth-order valence-electron chi connectivity index (χ4n) is 7.56. The predicted molar refractivity (Wildman–Crippen MR) is 209 cm³/mol. The number of hydrogen-bond donors (Lipinski definition) is 0. The summed E-state index contributed by atoms with van der Waals surface area (Å²) < 4.78 is 5.00. The number of anilines is 3. The van der Waals surface area contributed by atoms with Gasteiger partial charge in [-0.3, -0.25) is 0 Å². The van der Waals surface area contributed by atoms with Gasteiger partial charge in [0.15, 0.2) is 0 Å². The Morgan fingerprint density at radius 1 is 0.583 bits per heavy atom. The second-order valence-electron chi connectivity index (χ2n) is 12.8. The number of aryl methyl sites for hydroxylation is 2. The Morgan fingerprint density at radius 3 is 2.10 bits per heavy atom. The molecule has 0 amide bonds. The molecule has 3 aromatic heterocycles. The van der Waals surface area contributed by atoms with Crippen molar-refractivity contribution in [3.8, 4) is 16.8 Å². The monoisotopic (exact) mass is 652 g/mol. The lowest BCUT2D eigenvalue weighted by Gasteiger charge is -2.26. The summed E-state index contributed by atoms with van der Waals surface area (Å²) in [5.41, 5.74) is 11.3. The molecule has 2 nitrogen and oxygen atoms in total. The van der Waals surface area contributed by atoms with Crippen LogP contribution < -0.4 is 4.90 Å². The maximum absolute atomic E-state index is 2.45.